The standard InChI is InChI=1S/C20H18N4O3/c1-27-17-8-12(10-21)6-7-15(17)23-18(25)16-9-20(11-22-16)13-4-2-3-5-14(13)24-19(20)26/h2-8,16,22H,9,11H2,1H3,(H,23,25)(H,24,26). The van der Waals surface area contributed by atoms with Crippen molar-refractivity contribution in [2.24, 2.45) is 0 Å². The fourth-order valence-electron chi connectivity index (χ4n) is 3.81. The molecule has 1 spiro atoms. The topological polar surface area (TPSA) is 103 Å². The summed E-state index contributed by atoms with van der Waals surface area (Å²) in [5, 5.41) is 17.9. The number of benzene rings is 2. The third-order valence-corrected chi connectivity index (χ3v) is 5.23. The van der Waals surface area contributed by atoms with Crippen LogP contribution in [0.4, 0.5) is 11.4 Å². The summed E-state index contributed by atoms with van der Waals surface area (Å²) in [6, 6.07) is 13.9. The molecule has 2 heterocycles. The van der Waals surface area contributed by atoms with Crippen molar-refractivity contribution in [2.75, 3.05) is 24.3 Å². The fraction of sp³-hybridized carbons (Fsp3) is 0.250. The highest BCUT2D eigenvalue weighted by atomic mass is 16.5. The molecule has 2 atom stereocenters. The Morgan fingerprint density at radius 2 is 2.15 bits per heavy atom. The van der Waals surface area contributed by atoms with Crippen LogP contribution in [0, 0.1) is 11.3 Å². The number of carbonyl (C=O) groups excluding carboxylic acids is 2. The van der Waals surface area contributed by atoms with Gasteiger partial charge >= 0.3 is 0 Å². The molecule has 4 rings (SSSR count). The third kappa shape index (κ3) is 2.71. The minimum absolute atomic E-state index is 0.0811. The third-order valence-electron chi connectivity index (χ3n) is 5.23. The van der Waals surface area contributed by atoms with Gasteiger partial charge in [0.2, 0.25) is 11.8 Å². The molecule has 2 aromatic carbocycles. The zero-order valence-corrected chi connectivity index (χ0v) is 14.7. The number of hydrogen-bond donors (Lipinski definition) is 3. The molecule has 1 fully saturated rings. The molecule has 0 saturated carbocycles. The van der Waals surface area contributed by atoms with Crippen LogP contribution in [0.15, 0.2) is 42.5 Å². The van der Waals surface area contributed by atoms with Gasteiger partial charge in [0.05, 0.1) is 35.9 Å². The minimum atomic E-state index is -0.729. The maximum absolute atomic E-state index is 12.8. The lowest BCUT2D eigenvalue weighted by Crippen LogP contribution is -2.36. The summed E-state index contributed by atoms with van der Waals surface area (Å²) >= 11 is 0. The molecule has 7 nitrogen and oxygen atoms in total. The van der Waals surface area contributed by atoms with E-state index in [9.17, 15) is 9.59 Å². The lowest BCUT2D eigenvalue weighted by Gasteiger charge is -2.20. The Kier molecular flexibility index (Phi) is 4.05. The summed E-state index contributed by atoms with van der Waals surface area (Å²) in [6.45, 7) is 0.401. The number of hydrogen-bond acceptors (Lipinski definition) is 5. The Bertz CT molecular complexity index is 981. The first-order valence-corrected chi connectivity index (χ1v) is 8.61. The summed E-state index contributed by atoms with van der Waals surface area (Å²) in [5.41, 5.74) is 1.93. The molecular weight excluding hydrogens is 344 g/mol. The van der Waals surface area contributed by atoms with Crippen LogP contribution < -0.4 is 20.7 Å². The van der Waals surface area contributed by atoms with Crippen LogP contribution in [0.3, 0.4) is 0 Å². The van der Waals surface area contributed by atoms with Gasteiger partial charge in [0.15, 0.2) is 0 Å². The number of carbonyl (C=O) groups is 2. The average molecular weight is 362 g/mol. The van der Waals surface area contributed by atoms with Gasteiger partial charge in [0.1, 0.15) is 5.75 Å². The van der Waals surface area contributed by atoms with E-state index < -0.39 is 11.5 Å². The van der Waals surface area contributed by atoms with Crippen molar-refractivity contribution in [1.29, 1.82) is 5.26 Å². The van der Waals surface area contributed by atoms with E-state index in [1.165, 1.54) is 7.11 Å². The Morgan fingerprint density at radius 3 is 2.93 bits per heavy atom. The normalized spacial score (nSPS) is 22.8. The van der Waals surface area contributed by atoms with Crippen molar-refractivity contribution in [1.82, 2.24) is 5.32 Å². The molecule has 1 saturated heterocycles. The first kappa shape index (κ1) is 17.1. The zero-order valence-electron chi connectivity index (χ0n) is 14.7. The molecule has 0 bridgehead atoms. The molecule has 2 aliphatic heterocycles. The van der Waals surface area contributed by atoms with Crippen LogP contribution in [-0.2, 0) is 15.0 Å². The van der Waals surface area contributed by atoms with Gasteiger partial charge in [-0.25, -0.2) is 0 Å². The first-order chi connectivity index (χ1) is 13.1. The van der Waals surface area contributed by atoms with E-state index in [0.717, 1.165) is 11.3 Å². The van der Waals surface area contributed by atoms with Gasteiger partial charge in [0, 0.05) is 18.3 Å². The first-order valence-electron chi connectivity index (χ1n) is 8.61. The SMILES string of the molecule is COc1cc(C#N)ccc1NC(=O)C1CC2(CN1)C(=O)Nc1ccccc12. The number of nitrogens with zero attached hydrogens (tertiary/aromatic N) is 1. The maximum Gasteiger partial charge on any atom is 0.241 e. The van der Waals surface area contributed by atoms with E-state index in [2.05, 4.69) is 16.0 Å². The second-order valence-electron chi connectivity index (χ2n) is 6.74. The van der Waals surface area contributed by atoms with E-state index in [1.54, 1.807) is 18.2 Å². The van der Waals surface area contributed by atoms with Crippen molar-refractivity contribution >= 4 is 23.2 Å². The lowest BCUT2D eigenvalue weighted by atomic mass is 9.79. The van der Waals surface area contributed by atoms with E-state index >= 15 is 0 Å². The van der Waals surface area contributed by atoms with Crippen molar-refractivity contribution in [3.8, 4) is 11.8 Å². The van der Waals surface area contributed by atoms with Crippen LogP contribution in [0.2, 0.25) is 0 Å². The van der Waals surface area contributed by atoms with Crippen LogP contribution in [0.25, 0.3) is 0 Å². The number of anilines is 2. The highest BCUT2D eigenvalue weighted by molar-refractivity contribution is 6.08. The molecule has 2 aromatic rings. The number of para-hydroxylation sites is 1. The zero-order chi connectivity index (χ0) is 19.0. The van der Waals surface area contributed by atoms with Gasteiger partial charge in [0.25, 0.3) is 0 Å². The summed E-state index contributed by atoms with van der Waals surface area (Å²) in [7, 11) is 1.48. The molecule has 0 aliphatic carbocycles. The van der Waals surface area contributed by atoms with Crippen LogP contribution in [0.1, 0.15) is 17.5 Å². The van der Waals surface area contributed by atoms with E-state index in [-0.39, 0.29) is 11.8 Å². The highest BCUT2D eigenvalue weighted by Crippen LogP contribution is 2.43. The number of nitriles is 1. The van der Waals surface area contributed by atoms with Crippen molar-refractivity contribution in [3.05, 3.63) is 53.6 Å². The molecule has 2 unspecified atom stereocenters. The monoisotopic (exact) mass is 362 g/mol. The van der Waals surface area contributed by atoms with Crippen molar-refractivity contribution in [2.45, 2.75) is 17.9 Å². The van der Waals surface area contributed by atoms with Gasteiger partial charge in [-0.1, -0.05) is 18.2 Å². The van der Waals surface area contributed by atoms with E-state index in [0.29, 0.717) is 30.0 Å². The Hall–Kier alpha value is -3.37. The fourth-order valence-corrected chi connectivity index (χ4v) is 3.81. The summed E-state index contributed by atoms with van der Waals surface area (Å²) in [6.07, 6.45) is 0.375. The average Bonchev–Trinajstić information content (AvgIpc) is 3.26. The maximum atomic E-state index is 12.8. The largest absolute Gasteiger partial charge is 0.495 e. The highest BCUT2D eigenvalue weighted by Gasteiger charge is 2.52. The predicted octanol–water partition coefficient (Wildman–Crippen LogP) is 1.76. The summed E-state index contributed by atoms with van der Waals surface area (Å²) in [5.74, 6) is 0.0913. The Morgan fingerprint density at radius 1 is 1.33 bits per heavy atom. The van der Waals surface area contributed by atoms with Crippen LogP contribution in [-0.4, -0.2) is 31.5 Å². The quantitative estimate of drug-likeness (QED) is 0.772. The van der Waals surface area contributed by atoms with Crippen LogP contribution in [0.5, 0.6) is 5.75 Å². The molecule has 3 N–H and O–H groups in total. The second kappa shape index (κ2) is 6.41. The lowest BCUT2D eigenvalue weighted by molar-refractivity contribution is -0.120. The number of nitrogens with one attached hydrogen (secondary N) is 3. The van der Waals surface area contributed by atoms with Crippen molar-refractivity contribution < 1.29 is 14.3 Å². The van der Waals surface area contributed by atoms with E-state index in [1.807, 2.05) is 30.3 Å². The van der Waals surface area contributed by atoms with Gasteiger partial charge in [-0.2, -0.15) is 5.26 Å². The number of fused-ring (bicyclic) bond motifs is 2. The molecule has 2 aliphatic rings. The predicted molar refractivity (Wildman–Crippen MR) is 99.5 cm³/mol. The number of rotatable bonds is 3. The van der Waals surface area contributed by atoms with Gasteiger partial charge < -0.3 is 20.7 Å². The number of amides is 2. The Labute approximate surface area is 156 Å². The molecule has 0 radical (unpaired) electrons. The summed E-state index contributed by atoms with van der Waals surface area (Å²) in [4.78, 5) is 25.4. The number of ether oxygens (including phenoxy) is 1. The Balaban J connectivity index is 1.54. The molecule has 136 valence electrons. The minimum Gasteiger partial charge on any atom is -0.495 e. The van der Waals surface area contributed by atoms with Gasteiger partial charge in [-0.3, -0.25) is 9.59 Å². The molecule has 27 heavy (non-hydrogen) atoms. The van der Waals surface area contributed by atoms with Gasteiger partial charge in [-0.15, -0.1) is 0 Å². The van der Waals surface area contributed by atoms with Gasteiger partial charge in [-0.05, 0) is 30.2 Å². The van der Waals surface area contributed by atoms with Crippen LogP contribution >= 0.6 is 0 Å². The summed E-state index contributed by atoms with van der Waals surface area (Å²) < 4.78 is 5.26. The van der Waals surface area contributed by atoms with E-state index in [4.69, 9.17) is 10.00 Å². The molecular formula is C20H18N4O3. The number of methoxy groups -OCH3 is 1. The molecule has 2 amide bonds. The second-order valence-corrected chi connectivity index (χ2v) is 6.74. The smallest absolute Gasteiger partial charge is 0.241 e. The molecule has 0 aromatic heterocycles. The molecule has 7 heteroatoms. The van der Waals surface area contributed by atoms with Crippen molar-refractivity contribution in [3.63, 3.8) is 0 Å².